The molecular weight excluding hydrogens is 266 g/mol. The summed E-state index contributed by atoms with van der Waals surface area (Å²) < 4.78 is 10.8. The monoisotopic (exact) mass is 289 g/mol. The Morgan fingerprint density at radius 2 is 1.90 bits per heavy atom. The molecule has 21 heavy (non-hydrogen) atoms. The van der Waals surface area contributed by atoms with Crippen LogP contribution in [0.5, 0.6) is 5.75 Å². The van der Waals surface area contributed by atoms with Crippen molar-refractivity contribution in [2.75, 3.05) is 0 Å². The maximum Gasteiger partial charge on any atom is 0.229 e. The number of aryl methyl sites for hydroxylation is 1. The summed E-state index contributed by atoms with van der Waals surface area (Å²) in [6.45, 7) is 6.36. The largest absolute Gasteiger partial charge is 0.485 e. The van der Waals surface area contributed by atoms with Crippen molar-refractivity contribution in [1.82, 2.24) is 10.1 Å². The molecule has 114 valence electrons. The van der Waals surface area contributed by atoms with Gasteiger partial charge in [0.1, 0.15) is 5.75 Å². The summed E-state index contributed by atoms with van der Waals surface area (Å²) in [4.78, 5) is 4.27. The van der Waals surface area contributed by atoms with Crippen molar-refractivity contribution in [3.63, 3.8) is 0 Å². The Hall–Kier alpha value is -1.88. The number of rotatable bonds is 7. The number of hydrogen-bond donors (Lipinski definition) is 1. The van der Waals surface area contributed by atoms with Crippen LogP contribution in [0, 0.1) is 0 Å². The molecule has 1 heterocycles. The third-order valence-electron chi connectivity index (χ3n) is 3.16. The molecule has 0 fully saturated rings. The van der Waals surface area contributed by atoms with Crippen LogP contribution in [-0.2, 0) is 13.0 Å². The average molecular weight is 289 g/mol. The second kappa shape index (κ2) is 7.22. The third kappa shape index (κ3) is 4.86. The molecule has 0 spiro atoms. The molecule has 0 bridgehead atoms. The van der Waals surface area contributed by atoms with Gasteiger partial charge >= 0.3 is 0 Å². The molecule has 0 amide bonds. The molecule has 0 aliphatic rings. The van der Waals surface area contributed by atoms with E-state index in [1.54, 1.807) is 0 Å². The predicted molar refractivity (Wildman–Crippen MR) is 81.1 cm³/mol. The Labute approximate surface area is 125 Å². The molecule has 0 radical (unpaired) electrons. The normalized spacial score (nSPS) is 12.6. The molecule has 2 rings (SSSR count). The first-order valence-electron chi connectivity index (χ1n) is 7.34. The first-order valence-corrected chi connectivity index (χ1v) is 7.34. The van der Waals surface area contributed by atoms with Gasteiger partial charge < -0.3 is 15.0 Å². The van der Waals surface area contributed by atoms with Crippen LogP contribution < -0.4 is 10.5 Å². The zero-order valence-electron chi connectivity index (χ0n) is 12.9. The molecule has 5 nitrogen and oxygen atoms in total. The summed E-state index contributed by atoms with van der Waals surface area (Å²) in [6.07, 6.45) is 1.97. The van der Waals surface area contributed by atoms with E-state index in [4.69, 9.17) is 15.0 Å². The minimum Gasteiger partial charge on any atom is -0.485 e. The van der Waals surface area contributed by atoms with Gasteiger partial charge in [0.15, 0.2) is 6.61 Å². The molecule has 5 heteroatoms. The topological polar surface area (TPSA) is 74.2 Å². The van der Waals surface area contributed by atoms with Crippen molar-refractivity contribution in [2.45, 2.75) is 52.2 Å². The van der Waals surface area contributed by atoms with Crippen LogP contribution >= 0.6 is 0 Å². The van der Waals surface area contributed by atoms with Crippen molar-refractivity contribution in [3.8, 4) is 5.75 Å². The van der Waals surface area contributed by atoms with Crippen molar-refractivity contribution in [2.24, 2.45) is 5.73 Å². The highest BCUT2D eigenvalue weighted by molar-refractivity contribution is 5.27. The first-order chi connectivity index (χ1) is 10.0. The van der Waals surface area contributed by atoms with Crippen molar-refractivity contribution >= 4 is 0 Å². The van der Waals surface area contributed by atoms with E-state index in [1.807, 2.05) is 32.9 Å². The average Bonchev–Trinajstić information content (AvgIpc) is 2.93. The predicted octanol–water partition coefficient (Wildman–Crippen LogP) is 3.05. The van der Waals surface area contributed by atoms with E-state index < -0.39 is 0 Å². The van der Waals surface area contributed by atoms with Gasteiger partial charge in [0, 0.05) is 12.0 Å². The summed E-state index contributed by atoms with van der Waals surface area (Å²) in [5.41, 5.74) is 7.02. The zero-order chi connectivity index (χ0) is 15.2. The van der Waals surface area contributed by atoms with Gasteiger partial charge in [0.05, 0.1) is 0 Å². The quantitative estimate of drug-likeness (QED) is 0.848. The fourth-order valence-electron chi connectivity index (χ4n) is 1.86. The Bertz CT molecular complexity index is 547. The molecule has 0 saturated heterocycles. The van der Waals surface area contributed by atoms with Crippen molar-refractivity contribution < 1.29 is 9.26 Å². The summed E-state index contributed by atoms with van der Waals surface area (Å²) in [6, 6.07) is 8.27. The van der Waals surface area contributed by atoms with Gasteiger partial charge in [-0.25, -0.2) is 0 Å². The molecular formula is C16H23N3O2. The number of ether oxygens (including phenoxy) is 1. The smallest absolute Gasteiger partial charge is 0.229 e. The maximum atomic E-state index is 5.76. The summed E-state index contributed by atoms with van der Waals surface area (Å²) >= 11 is 0. The van der Waals surface area contributed by atoms with Gasteiger partial charge in [-0.05, 0) is 37.5 Å². The van der Waals surface area contributed by atoms with Crippen LogP contribution in [-0.4, -0.2) is 16.2 Å². The van der Waals surface area contributed by atoms with E-state index in [1.165, 1.54) is 5.56 Å². The highest BCUT2D eigenvalue weighted by Crippen LogP contribution is 2.16. The van der Waals surface area contributed by atoms with Crippen LogP contribution in [0.2, 0.25) is 0 Å². The molecule has 1 aromatic carbocycles. The van der Waals surface area contributed by atoms with Crippen LogP contribution in [0.25, 0.3) is 0 Å². The number of nitrogens with two attached hydrogens (primary N) is 1. The van der Waals surface area contributed by atoms with E-state index in [0.29, 0.717) is 18.3 Å². The van der Waals surface area contributed by atoms with Gasteiger partial charge in [-0.1, -0.05) is 31.1 Å². The number of aromatic nitrogens is 2. The SMILES string of the molecule is CC(N)CCc1ccc(OCc2noc(C(C)C)n2)cc1. The van der Waals surface area contributed by atoms with Crippen LogP contribution in [0.1, 0.15) is 50.4 Å². The maximum absolute atomic E-state index is 5.76. The second-order valence-electron chi connectivity index (χ2n) is 5.65. The standard InChI is InChI=1S/C16H23N3O2/c1-11(2)16-18-15(19-21-16)10-20-14-8-6-13(7-9-14)5-4-12(3)17/h6-9,11-12H,4-5,10,17H2,1-3H3. The summed E-state index contributed by atoms with van der Waals surface area (Å²) in [7, 11) is 0. The molecule has 1 aromatic heterocycles. The number of hydrogen-bond acceptors (Lipinski definition) is 5. The summed E-state index contributed by atoms with van der Waals surface area (Å²) in [5.74, 6) is 2.24. The van der Waals surface area contributed by atoms with Gasteiger partial charge in [-0.15, -0.1) is 0 Å². The Kier molecular flexibility index (Phi) is 5.33. The lowest BCUT2D eigenvalue weighted by Gasteiger charge is -2.07. The molecule has 0 aliphatic carbocycles. The molecule has 2 aromatic rings. The fraction of sp³-hybridized carbons (Fsp3) is 0.500. The highest BCUT2D eigenvalue weighted by Gasteiger charge is 2.10. The van der Waals surface area contributed by atoms with Crippen molar-refractivity contribution in [1.29, 1.82) is 0 Å². The highest BCUT2D eigenvalue weighted by atomic mass is 16.5. The van der Waals surface area contributed by atoms with Crippen LogP contribution in [0.3, 0.4) is 0 Å². The van der Waals surface area contributed by atoms with E-state index >= 15 is 0 Å². The third-order valence-corrected chi connectivity index (χ3v) is 3.16. The number of nitrogens with zero attached hydrogens (tertiary/aromatic N) is 2. The Morgan fingerprint density at radius 1 is 1.19 bits per heavy atom. The Balaban J connectivity index is 1.85. The van der Waals surface area contributed by atoms with Crippen LogP contribution in [0.15, 0.2) is 28.8 Å². The fourth-order valence-corrected chi connectivity index (χ4v) is 1.86. The molecule has 1 unspecified atom stereocenters. The van der Waals surface area contributed by atoms with E-state index in [0.717, 1.165) is 18.6 Å². The first kappa shape index (κ1) is 15.5. The molecule has 2 N–H and O–H groups in total. The minimum absolute atomic E-state index is 0.231. The van der Waals surface area contributed by atoms with Gasteiger partial charge in [-0.2, -0.15) is 4.98 Å². The van der Waals surface area contributed by atoms with E-state index in [9.17, 15) is 0 Å². The van der Waals surface area contributed by atoms with Crippen LogP contribution in [0.4, 0.5) is 0 Å². The van der Waals surface area contributed by atoms with Gasteiger partial charge in [0.2, 0.25) is 11.7 Å². The molecule has 0 saturated carbocycles. The summed E-state index contributed by atoms with van der Waals surface area (Å²) in [5, 5.41) is 3.89. The lowest BCUT2D eigenvalue weighted by atomic mass is 10.1. The second-order valence-corrected chi connectivity index (χ2v) is 5.65. The van der Waals surface area contributed by atoms with Gasteiger partial charge in [-0.3, -0.25) is 0 Å². The minimum atomic E-state index is 0.231. The van der Waals surface area contributed by atoms with Crippen molar-refractivity contribution in [3.05, 3.63) is 41.5 Å². The lowest BCUT2D eigenvalue weighted by Crippen LogP contribution is -2.15. The Morgan fingerprint density at radius 3 is 2.48 bits per heavy atom. The van der Waals surface area contributed by atoms with E-state index in [-0.39, 0.29) is 12.0 Å². The molecule has 0 aliphatic heterocycles. The molecule has 1 atom stereocenters. The zero-order valence-corrected chi connectivity index (χ0v) is 12.9. The van der Waals surface area contributed by atoms with E-state index in [2.05, 4.69) is 22.3 Å². The van der Waals surface area contributed by atoms with Gasteiger partial charge in [0.25, 0.3) is 0 Å². The lowest BCUT2D eigenvalue weighted by molar-refractivity contribution is 0.284. The number of benzene rings is 1.